The zero-order valence-corrected chi connectivity index (χ0v) is 9.71. The summed E-state index contributed by atoms with van der Waals surface area (Å²) in [5, 5.41) is 8.58. The fraction of sp³-hybridized carbons (Fsp3) is 0.444. The van der Waals surface area contributed by atoms with Crippen LogP contribution in [0, 0.1) is 0 Å². The van der Waals surface area contributed by atoms with Crippen LogP contribution in [-0.4, -0.2) is 46.6 Å². The van der Waals surface area contributed by atoms with Crippen LogP contribution >= 0.6 is 11.8 Å². The number of imide groups is 1. The molecular formula is C9H12N2O4S. The third-order valence-corrected chi connectivity index (χ3v) is 3.48. The van der Waals surface area contributed by atoms with Crippen molar-refractivity contribution in [1.82, 2.24) is 4.90 Å². The standard InChI is InChI=1S/C9H12N2O4S/c1-4-6(8(13)11(2)7(4)12)16-3-5(10)9(14)15/h5H,3,10H2,1-2H3,(H,14,15)/t5-/m0/s1. The van der Waals surface area contributed by atoms with Crippen LogP contribution in [0.4, 0.5) is 0 Å². The molecule has 0 bridgehead atoms. The maximum atomic E-state index is 11.5. The van der Waals surface area contributed by atoms with Crippen molar-refractivity contribution in [3.8, 4) is 0 Å². The SMILES string of the molecule is CC1=C(SC[C@H](N)C(=O)O)C(=O)N(C)C1=O. The lowest BCUT2D eigenvalue weighted by Crippen LogP contribution is -2.33. The van der Waals surface area contributed by atoms with E-state index in [-0.39, 0.29) is 16.6 Å². The molecule has 3 N–H and O–H groups in total. The molecule has 88 valence electrons. The predicted octanol–water partition coefficient (Wildman–Crippen LogP) is -0.596. The lowest BCUT2D eigenvalue weighted by Gasteiger charge is -2.07. The van der Waals surface area contributed by atoms with E-state index in [1.54, 1.807) is 6.92 Å². The van der Waals surface area contributed by atoms with E-state index in [1.165, 1.54) is 7.05 Å². The molecule has 1 aliphatic heterocycles. The molecule has 16 heavy (non-hydrogen) atoms. The number of hydrogen-bond donors (Lipinski definition) is 2. The van der Waals surface area contributed by atoms with Crippen molar-refractivity contribution in [2.45, 2.75) is 13.0 Å². The molecule has 1 atom stereocenters. The van der Waals surface area contributed by atoms with Crippen molar-refractivity contribution in [2.24, 2.45) is 5.73 Å². The average Bonchev–Trinajstić information content (AvgIpc) is 2.41. The fourth-order valence-electron chi connectivity index (χ4n) is 1.17. The zero-order valence-electron chi connectivity index (χ0n) is 8.89. The molecule has 0 aliphatic carbocycles. The number of carboxylic acids is 1. The second-order valence-electron chi connectivity index (χ2n) is 3.38. The second-order valence-corrected chi connectivity index (χ2v) is 4.41. The molecule has 0 fully saturated rings. The van der Waals surface area contributed by atoms with Crippen LogP contribution in [0.15, 0.2) is 10.5 Å². The molecule has 1 rings (SSSR count). The number of carbonyl (C=O) groups is 3. The summed E-state index contributed by atoms with van der Waals surface area (Å²) in [5.74, 6) is -1.81. The van der Waals surface area contributed by atoms with Gasteiger partial charge in [-0.3, -0.25) is 19.3 Å². The molecule has 0 radical (unpaired) electrons. The Labute approximate surface area is 96.5 Å². The molecule has 0 spiro atoms. The van der Waals surface area contributed by atoms with Crippen molar-refractivity contribution >= 4 is 29.5 Å². The molecule has 1 aliphatic rings. The summed E-state index contributed by atoms with van der Waals surface area (Å²) in [6.45, 7) is 1.54. The summed E-state index contributed by atoms with van der Waals surface area (Å²) in [5.41, 5.74) is 5.64. The van der Waals surface area contributed by atoms with Gasteiger partial charge in [-0.05, 0) is 6.92 Å². The van der Waals surface area contributed by atoms with Gasteiger partial charge in [0.15, 0.2) is 0 Å². The number of rotatable bonds is 4. The van der Waals surface area contributed by atoms with Gasteiger partial charge in [-0.25, -0.2) is 0 Å². The first-order valence-electron chi connectivity index (χ1n) is 4.50. The van der Waals surface area contributed by atoms with Crippen molar-refractivity contribution in [3.05, 3.63) is 10.5 Å². The van der Waals surface area contributed by atoms with E-state index in [4.69, 9.17) is 10.8 Å². The lowest BCUT2D eigenvalue weighted by molar-refractivity contribution is -0.138. The summed E-state index contributed by atoms with van der Waals surface area (Å²) in [6.07, 6.45) is 0. The predicted molar refractivity (Wildman–Crippen MR) is 58.5 cm³/mol. The Bertz CT molecular complexity index is 391. The third-order valence-electron chi connectivity index (χ3n) is 2.19. The van der Waals surface area contributed by atoms with Crippen molar-refractivity contribution in [3.63, 3.8) is 0 Å². The number of thioether (sulfide) groups is 1. The molecule has 0 saturated heterocycles. The zero-order chi connectivity index (χ0) is 12.5. The van der Waals surface area contributed by atoms with Gasteiger partial charge in [0.05, 0.1) is 4.91 Å². The van der Waals surface area contributed by atoms with Crippen LogP contribution < -0.4 is 5.73 Å². The minimum Gasteiger partial charge on any atom is -0.480 e. The topological polar surface area (TPSA) is 101 Å². The fourth-order valence-corrected chi connectivity index (χ4v) is 2.22. The quantitative estimate of drug-likeness (QED) is 0.641. The number of likely N-dealkylation sites (N-methyl/N-ethyl adjacent to an activating group) is 1. The Balaban J connectivity index is 2.71. The summed E-state index contributed by atoms with van der Waals surface area (Å²) in [6, 6.07) is -1.04. The van der Waals surface area contributed by atoms with Gasteiger partial charge in [0.1, 0.15) is 6.04 Å². The maximum absolute atomic E-state index is 11.5. The summed E-state index contributed by atoms with van der Waals surface area (Å²) in [4.78, 5) is 34.7. The van der Waals surface area contributed by atoms with E-state index in [9.17, 15) is 14.4 Å². The normalized spacial score (nSPS) is 18.3. The highest BCUT2D eigenvalue weighted by Gasteiger charge is 2.33. The van der Waals surface area contributed by atoms with E-state index < -0.39 is 17.9 Å². The molecule has 0 aromatic rings. The number of aliphatic carboxylic acids is 1. The summed E-state index contributed by atoms with van der Waals surface area (Å²) >= 11 is 1.01. The molecule has 0 aromatic carbocycles. The highest BCUT2D eigenvalue weighted by Crippen LogP contribution is 2.28. The van der Waals surface area contributed by atoms with Crippen LogP contribution in [0.1, 0.15) is 6.92 Å². The van der Waals surface area contributed by atoms with E-state index in [0.29, 0.717) is 5.57 Å². The molecule has 0 aromatic heterocycles. The highest BCUT2D eigenvalue weighted by atomic mass is 32.2. The smallest absolute Gasteiger partial charge is 0.321 e. The first-order chi connectivity index (χ1) is 7.36. The molecule has 1 heterocycles. The molecule has 0 unspecified atom stereocenters. The van der Waals surface area contributed by atoms with Gasteiger partial charge in [-0.2, -0.15) is 0 Å². The van der Waals surface area contributed by atoms with Gasteiger partial charge < -0.3 is 10.8 Å². The number of amides is 2. The van der Waals surface area contributed by atoms with E-state index in [2.05, 4.69) is 0 Å². The first-order valence-corrected chi connectivity index (χ1v) is 5.49. The molecule has 0 saturated carbocycles. The Morgan fingerprint density at radius 2 is 2.06 bits per heavy atom. The maximum Gasteiger partial charge on any atom is 0.321 e. The number of carboxylic acid groups (broad SMARTS) is 1. The van der Waals surface area contributed by atoms with Crippen LogP contribution in [-0.2, 0) is 14.4 Å². The monoisotopic (exact) mass is 244 g/mol. The first kappa shape index (κ1) is 12.7. The van der Waals surface area contributed by atoms with Crippen LogP contribution in [0.2, 0.25) is 0 Å². The lowest BCUT2D eigenvalue weighted by atomic mass is 10.3. The van der Waals surface area contributed by atoms with Gasteiger partial charge in [-0.1, -0.05) is 0 Å². The van der Waals surface area contributed by atoms with E-state index in [0.717, 1.165) is 16.7 Å². The van der Waals surface area contributed by atoms with Crippen LogP contribution in [0.5, 0.6) is 0 Å². The Kier molecular flexibility index (Phi) is 3.71. The molecular weight excluding hydrogens is 232 g/mol. The van der Waals surface area contributed by atoms with Crippen LogP contribution in [0.25, 0.3) is 0 Å². The Morgan fingerprint density at radius 1 is 1.50 bits per heavy atom. The summed E-state index contributed by atoms with van der Waals surface area (Å²) in [7, 11) is 1.39. The average molecular weight is 244 g/mol. The minimum absolute atomic E-state index is 0.0644. The van der Waals surface area contributed by atoms with Crippen molar-refractivity contribution in [1.29, 1.82) is 0 Å². The summed E-state index contributed by atoms with van der Waals surface area (Å²) < 4.78 is 0. The van der Waals surface area contributed by atoms with Crippen LogP contribution in [0.3, 0.4) is 0 Å². The Hall–Kier alpha value is -1.34. The third kappa shape index (κ3) is 2.25. The molecule has 7 heteroatoms. The minimum atomic E-state index is -1.13. The highest BCUT2D eigenvalue weighted by molar-refractivity contribution is 8.04. The number of hydrogen-bond acceptors (Lipinski definition) is 5. The molecule has 6 nitrogen and oxygen atoms in total. The Morgan fingerprint density at radius 3 is 2.44 bits per heavy atom. The largest absolute Gasteiger partial charge is 0.480 e. The van der Waals surface area contributed by atoms with Gasteiger partial charge in [0.2, 0.25) is 0 Å². The second kappa shape index (κ2) is 4.67. The van der Waals surface area contributed by atoms with Gasteiger partial charge in [-0.15, -0.1) is 11.8 Å². The van der Waals surface area contributed by atoms with Gasteiger partial charge >= 0.3 is 5.97 Å². The number of nitrogens with two attached hydrogens (primary N) is 1. The van der Waals surface area contributed by atoms with E-state index in [1.807, 2.05) is 0 Å². The number of nitrogens with zero attached hydrogens (tertiary/aromatic N) is 1. The van der Waals surface area contributed by atoms with Crippen molar-refractivity contribution in [2.75, 3.05) is 12.8 Å². The molecule has 2 amide bonds. The van der Waals surface area contributed by atoms with Gasteiger partial charge in [0, 0.05) is 18.4 Å². The van der Waals surface area contributed by atoms with E-state index >= 15 is 0 Å². The van der Waals surface area contributed by atoms with Gasteiger partial charge in [0.25, 0.3) is 11.8 Å². The van der Waals surface area contributed by atoms with Crippen molar-refractivity contribution < 1.29 is 19.5 Å². The number of carbonyl (C=O) groups excluding carboxylic acids is 2.